The second-order valence-electron chi connectivity index (χ2n) is 8.39. The number of rotatable bonds is 8. The van der Waals surface area contributed by atoms with Crippen molar-refractivity contribution in [3.63, 3.8) is 0 Å². The van der Waals surface area contributed by atoms with Gasteiger partial charge in [-0.1, -0.05) is 30.3 Å². The molecule has 1 unspecified atom stereocenters. The minimum absolute atomic E-state index is 0.719. The molecule has 3 rings (SSSR count). The molecule has 5 nitrogen and oxygen atoms in total. The molecule has 1 N–H and O–H groups in total. The highest BCUT2D eigenvalue weighted by Crippen LogP contribution is 2.19. The quantitative estimate of drug-likeness (QED) is 0.551. The number of nitrogens with one attached hydrogen (secondary N) is 1. The van der Waals surface area contributed by atoms with Crippen LogP contribution in [0.1, 0.15) is 31.2 Å². The summed E-state index contributed by atoms with van der Waals surface area (Å²) in [5.41, 5.74) is 1.44. The van der Waals surface area contributed by atoms with E-state index in [0.717, 1.165) is 50.5 Å². The van der Waals surface area contributed by atoms with Crippen molar-refractivity contribution in [3.05, 3.63) is 35.9 Å². The zero-order valence-electron chi connectivity index (χ0n) is 17.8. The Bertz CT molecular complexity index is 586. The van der Waals surface area contributed by atoms with E-state index in [1.807, 2.05) is 7.05 Å². The van der Waals surface area contributed by atoms with Gasteiger partial charge in [0.25, 0.3) is 0 Å². The van der Waals surface area contributed by atoms with Crippen LogP contribution < -0.4 is 5.32 Å². The summed E-state index contributed by atoms with van der Waals surface area (Å²) in [6, 6.07) is 10.8. The van der Waals surface area contributed by atoms with E-state index < -0.39 is 0 Å². The molecular weight excluding hydrogens is 348 g/mol. The number of aliphatic imine (C=N–C) groups is 1. The Kier molecular flexibility index (Phi) is 8.62. The zero-order valence-corrected chi connectivity index (χ0v) is 17.8. The van der Waals surface area contributed by atoms with Gasteiger partial charge in [0.05, 0.1) is 0 Å². The molecular formula is C23H38N4O. The first kappa shape index (κ1) is 21.1. The summed E-state index contributed by atoms with van der Waals surface area (Å²) in [7, 11) is 4.06. The predicted molar refractivity (Wildman–Crippen MR) is 117 cm³/mol. The number of benzene rings is 1. The van der Waals surface area contributed by atoms with Crippen molar-refractivity contribution in [3.8, 4) is 0 Å². The summed E-state index contributed by atoms with van der Waals surface area (Å²) in [4.78, 5) is 9.40. The van der Waals surface area contributed by atoms with E-state index in [-0.39, 0.29) is 0 Å². The molecule has 0 saturated carbocycles. The van der Waals surface area contributed by atoms with E-state index >= 15 is 0 Å². The summed E-state index contributed by atoms with van der Waals surface area (Å²) in [6.07, 6.45) is 6.08. The molecule has 2 saturated heterocycles. The van der Waals surface area contributed by atoms with Crippen LogP contribution in [0.5, 0.6) is 0 Å². The number of likely N-dealkylation sites (tertiary alicyclic amines) is 1. The van der Waals surface area contributed by atoms with Crippen molar-refractivity contribution in [1.29, 1.82) is 0 Å². The van der Waals surface area contributed by atoms with E-state index in [0.29, 0.717) is 0 Å². The fourth-order valence-electron chi connectivity index (χ4n) is 4.35. The fourth-order valence-corrected chi connectivity index (χ4v) is 4.35. The van der Waals surface area contributed by atoms with Crippen molar-refractivity contribution in [2.75, 3.05) is 60.0 Å². The number of nitrogens with zero attached hydrogens (tertiary/aromatic N) is 3. The van der Waals surface area contributed by atoms with Gasteiger partial charge in [0, 0.05) is 53.5 Å². The van der Waals surface area contributed by atoms with Crippen LogP contribution in [0.4, 0.5) is 0 Å². The van der Waals surface area contributed by atoms with E-state index in [1.165, 1.54) is 50.9 Å². The molecule has 156 valence electrons. The van der Waals surface area contributed by atoms with Gasteiger partial charge < -0.3 is 19.9 Å². The summed E-state index contributed by atoms with van der Waals surface area (Å²) >= 11 is 0. The standard InChI is InChI=1S/C23H38N4O/c1-24-23(26(2)13-8-21-11-16-28-17-12-21)25-18-22-10-15-27(19-22)14-9-20-6-4-3-5-7-20/h3-7,21-22H,8-19H2,1-2H3,(H,24,25). The van der Waals surface area contributed by atoms with Crippen LogP contribution >= 0.6 is 0 Å². The smallest absolute Gasteiger partial charge is 0.193 e. The van der Waals surface area contributed by atoms with Gasteiger partial charge in [-0.2, -0.15) is 0 Å². The molecule has 0 spiro atoms. The van der Waals surface area contributed by atoms with Crippen LogP contribution in [0.2, 0.25) is 0 Å². The topological polar surface area (TPSA) is 40.1 Å². The van der Waals surface area contributed by atoms with Crippen LogP contribution in [0.15, 0.2) is 35.3 Å². The van der Waals surface area contributed by atoms with Crippen molar-refractivity contribution in [2.24, 2.45) is 16.8 Å². The maximum absolute atomic E-state index is 5.47. The third kappa shape index (κ3) is 6.78. The highest BCUT2D eigenvalue weighted by Gasteiger charge is 2.23. The predicted octanol–water partition coefficient (Wildman–Crippen LogP) is 2.87. The van der Waals surface area contributed by atoms with E-state index in [2.05, 4.69) is 57.5 Å². The molecule has 0 amide bonds. The van der Waals surface area contributed by atoms with E-state index in [9.17, 15) is 0 Å². The summed E-state index contributed by atoms with van der Waals surface area (Å²) in [5, 5.41) is 3.62. The van der Waals surface area contributed by atoms with Gasteiger partial charge in [0.2, 0.25) is 0 Å². The Hall–Kier alpha value is -1.59. The SMILES string of the molecule is CN=C(NCC1CCN(CCc2ccccc2)C1)N(C)CCC1CCOCC1. The van der Waals surface area contributed by atoms with Crippen molar-refractivity contribution >= 4 is 5.96 Å². The first-order valence-electron chi connectivity index (χ1n) is 11.0. The summed E-state index contributed by atoms with van der Waals surface area (Å²) in [5.74, 6) is 2.56. The maximum Gasteiger partial charge on any atom is 0.193 e. The third-order valence-electron chi connectivity index (χ3n) is 6.27. The van der Waals surface area contributed by atoms with Crippen molar-refractivity contribution in [2.45, 2.75) is 32.1 Å². The molecule has 2 fully saturated rings. The molecule has 2 aliphatic rings. The van der Waals surface area contributed by atoms with Gasteiger partial charge in [0.1, 0.15) is 0 Å². The van der Waals surface area contributed by atoms with Gasteiger partial charge in [-0.05, 0) is 56.0 Å². The Balaban J connectivity index is 1.33. The Morgan fingerprint density at radius 3 is 2.71 bits per heavy atom. The lowest BCUT2D eigenvalue weighted by atomic mass is 9.96. The van der Waals surface area contributed by atoms with Gasteiger partial charge in [-0.3, -0.25) is 4.99 Å². The minimum Gasteiger partial charge on any atom is -0.381 e. The van der Waals surface area contributed by atoms with Gasteiger partial charge in [0.15, 0.2) is 5.96 Å². The lowest BCUT2D eigenvalue weighted by Crippen LogP contribution is -2.42. The first-order valence-corrected chi connectivity index (χ1v) is 11.0. The highest BCUT2D eigenvalue weighted by atomic mass is 16.5. The molecule has 2 aliphatic heterocycles. The zero-order chi connectivity index (χ0) is 19.6. The molecule has 0 aliphatic carbocycles. The number of hydrogen-bond acceptors (Lipinski definition) is 3. The van der Waals surface area contributed by atoms with Gasteiger partial charge in [-0.25, -0.2) is 0 Å². The molecule has 1 aromatic rings. The molecule has 0 aromatic heterocycles. The van der Waals surface area contributed by atoms with Gasteiger partial charge in [-0.15, -0.1) is 0 Å². The summed E-state index contributed by atoms with van der Waals surface area (Å²) < 4.78 is 5.47. The number of ether oxygens (including phenoxy) is 1. The van der Waals surface area contributed by atoms with Crippen LogP contribution in [-0.2, 0) is 11.2 Å². The minimum atomic E-state index is 0.719. The Labute approximate surface area is 171 Å². The van der Waals surface area contributed by atoms with E-state index in [4.69, 9.17) is 4.74 Å². The Morgan fingerprint density at radius 1 is 1.18 bits per heavy atom. The van der Waals surface area contributed by atoms with E-state index in [1.54, 1.807) is 0 Å². The second-order valence-corrected chi connectivity index (χ2v) is 8.39. The lowest BCUT2D eigenvalue weighted by molar-refractivity contribution is 0.0625. The highest BCUT2D eigenvalue weighted by molar-refractivity contribution is 5.79. The first-order chi connectivity index (χ1) is 13.7. The third-order valence-corrected chi connectivity index (χ3v) is 6.27. The normalized spacial score (nSPS) is 21.8. The molecule has 2 heterocycles. The van der Waals surface area contributed by atoms with Gasteiger partial charge >= 0.3 is 0 Å². The van der Waals surface area contributed by atoms with Crippen LogP contribution in [0.25, 0.3) is 0 Å². The Morgan fingerprint density at radius 2 is 1.96 bits per heavy atom. The maximum atomic E-state index is 5.47. The molecule has 5 heteroatoms. The number of guanidine groups is 1. The summed E-state index contributed by atoms with van der Waals surface area (Å²) in [6.45, 7) is 7.54. The van der Waals surface area contributed by atoms with Crippen molar-refractivity contribution < 1.29 is 4.74 Å². The molecule has 0 radical (unpaired) electrons. The fraction of sp³-hybridized carbons (Fsp3) is 0.696. The average Bonchev–Trinajstić information content (AvgIpc) is 3.20. The van der Waals surface area contributed by atoms with Crippen LogP contribution in [0.3, 0.4) is 0 Å². The van der Waals surface area contributed by atoms with Crippen LogP contribution in [0, 0.1) is 11.8 Å². The lowest BCUT2D eigenvalue weighted by Gasteiger charge is -2.27. The molecule has 1 atom stereocenters. The molecule has 28 heavy (non-hydrogen) atoms. The largest absolute Gasteiger partial charge is 0.381 e. The monoisotopic (exact) mass is 386 g/mol. The molecule has 0 bridgehead atoms. The average molecular weight is 387 g/mol. The van der Waals surface area contributed by atoms with Crippen molar-refractivity contribution in [1.82, 2.24) is 15.1 Å². The van der Waals surface area contributed by atoms with Crippen LogP contribution in [-0.4, -0.2) is 75.8 Å². The second kappa shape index (κ2) is 11.4. The number of hydrogen-bond donors (Lipinski definition) is 1. The molecule has 1 aromatic carbocycles.